The molecular weight excluding hydrogens is 237 g/mol. The lowest BCUT2D eigenvalue weighted by molar-refractivity contribution is -0.137. The largest absolute Gasteiger partial charge is 0.443 e. The van der Waals surface area contributed by atoms with E-state index in [2.05, 4.69) is 10.3 Å². The quantitative estimate of drug-likeness (QED) is 0.830. The van der Waals surface area contributed by atoms with Gasteiger partial charge in [0.1, 0.15) is 0 Å². The third kappa shape index (κ3) is 3.61. The van der Waals surface area contributed by atoms with Gasteiger partial charge in [-0.15, -0.1) is 11.3 Å². The molecule has 0 aliphatic carbocycles. The molecule has 16 heavy (non-hydrogen) atoms. The molecule has 0 unspecified atom stereocenters. The summed E-state index contributed by atoms with van der Waals surface area (Å²) in [5.74, 6) is 0. The molecule has 0 fully saturated rings. The first kappa shape index (κ1) is 13.2. The third-order valence-electron chi connectivity index (χ3n) is 1.98. The van der Waals surface area contributed by atoms with Gasteiger partial charge in [-0.05, 0) is 32.5 Å². The van der Waals surface area contributed by atoms with Gasteiger partial charge in [0.15, 0.2) is 5.01 Å². The van der Waals surface area contributed by atoms with Gasteiger partial charge in [0.05, 0.1) is 4.88 Å². The Kier molecular flexibility index (Phi) is 4.49. The number of thiazole rings is 1. The number of allylic oxidation sites excluding steroid dienone is 1. The first-order valence-corrected chi connectivity index (χ1v) is 5.61. The fourth-order valence-electron chi connectivity index (χ4n) is 1.12. The van der Waals surface area contributed by atoms with Crippen LogP contribution in [0.2, 0.25) is 0 Å². The highest BCUT2D eigenvalue weighted by molar-refractivity contribution is 7.12. The summed E-state index contributed by atoms with van der Waals surface area (Å²) in [6.45, 7) is 2.60. The van der Waals surface area contributed by atoms with Crippen LogP contribution >= 0.6 is 11.3 Å². The number of halogens is 3. The van der Waals surface area contributed by atoms with Crippen molar-refractivity contribution in [1.82, 2.24) is 10.3 Å². The summed E-state index contributed by atoms with van der Waals surface area (Å²) in [7, 11) is 1.83. The Balaban J connectivity index is 2.74. The molecule has 1 N–H and O–H groups in total. The van der Waals surface area contributed by atoms with E-state index in [0.717, 1.165) is 18.5 Å². The number of hydrogen-bond acceptors (Lipinski definition) is 3. The van der Waals surface area contributed by atoms with Crippen molar-refractivity contribution in [3.05, 3.63) is 22.2 Å². The molecule has 1 aromatic rings. The lowest BCUT2D eigenvalue weighted by Crippen LogP contribution is -2.05. The maximum absolute atomic E-state index is 12.3. The normalized spacial score (nSPS) is 13.2. The Morgan fingerprint density at radius 2 is 2.25 bits per heavy atom. The lowest BCUT2D eigenvalue weighted by Gasteiger charge is -1.99. The SMILES string of the molecule is CNCC/C=C(/C)c1cnc(C(F)(F)F)s1. The summed E-state index contributed by atoms with van der Waals surface area (Å²) in [4.78, 5) is 3.95. The van der Waals surface area contributed by atoms with Gasteiger partial charge in [0.2, 0.25) is 0 Å². The molecule has 0 bridgehead atoms. The summed E-state index contributed by atoms with van der Waals surface area (Å²) in [5.41, 5.74) is 0.836. The number of alkyl halides is 3. The third-order valence-corrected chi connectivity index (χ3v) is 3.16. The van der Waals surface area contributed by atoms with Crippen molar-refractivity contribution in [3.63, 3.8) is 0 Å². The minimum atomic E-state index is -4.34. The van der Waals surface area contributed by atoms with Crippen LogP contribution < -0.4 is 5.32 Å². The van der Waals surface area contributed by atoms with E-state index in [1.54, 1.807) is 6.92 Å². The smallest absolute Gasteiger partial charge is 0.319 e. The van der Waals surface area contributed by atoms with E-state index in [4.69, 9.17) is 0 Å². The molecule has 0 aromatic carbocycles. The van der Waals surface area contributed by atoms with E-state index in [-0.39, 0.29) is 0 Å². The fraction of sp³-hybridized carbons (Fsp3) is 0.500. The molecule has 90 valence electrons. The molecule has 0 aliphatic rings. The molecule has 1 rings (SSSR count). The Morgan fingerprint density at radius 1 is 1.56 bits per heavy atom. The van der Waals surface area contributed by atoms with Gasteiger partial charge in [-0.1, -0.05) is 6.08 Å². The predicted octanol–water partition coefficient (Wildman–Crippen LogP) is 3.17. The van der Waals surface area contributed by atoms with Gasteiger partial charge < -0.3 is 5.32 Å². The van der Waals surface area contributed by atoms with Gasteiger partial charge in [-0.2, -0.15) is 13.2 Å². The second-order valence-corrected chi connectivity index (χ2v) is 4.34. The number of rotatable bonds is 4. The molecule has 2 nitrogen and oxygen atoms in total. The van der Waals surface area contributed by atoms with Crippen molar-refractivity contribution in [1.29, 1.82) is 0 Å². The molecule has 0 amide bonds. The van der Waals surface area contributed by atoms with Gasteiger partial charge >= 0.3 is 6.18 Å². The highest BCUT2D eigenvalue weighted by Crippen LogP contribution is 2.34. The van der Waals surface area contributed by atoms with E-state index in [1.807, 2.05) is 13.1 Å². The highest BCUT2D eigenvalue weighted by Gasteiger charge is 2.34. The zero-order chi connectivity index (χ0) is 12.2. The van der Waals surface area contributed by atoms with Crippen LogP contribution in [-0.4, -0.2) is 18.6 Å². The predicted molar refractivity (Wildman–Crippen MR) is 59.3 cm³/mol. The maximum atomic E-state index is 12.3. The Hall–Kier alpha value is -0.880. The molecule has 0 radical (unpaired) electrons. The topological polar surface area (TPSA) is 24.9 Å². The first-order valence-electron chi connectivity index (χ1n) is 4.80. The second-order valence-electron chi connectivity index (χ2n) is 3.31. The van der Waals surface area contributed by atoms with E-state index in [9.17, 15) is 13.2 Å². The van der Waals surface area contributed by atoms with Crippen LogP contribution in [0.5, 0.6) is 0 Å². The van der Waals surface area contributed by atoms with Crippen LogP contribution in [0.3, 0.4) is 0 Å². The second kappa shape index (κ2) is 5.45. The lowest BCUT2D eigenvalue weighted by atomic mass is 10.2. The molecule has 0 saturated carbocycles. The van der Waals surface area contributed by atoms with Gasteiger partial charge in [0, 0.05) is 6.20 Å². The summed E-state index contributed by atoms with van der Waals surface area (Å²) < 4.78 is 36.9. The van der Waals surface area contributed by atoms with E-state index in [1.165, 1.54) is 6.20 Å². The van der Waals surface area contributed by atoms with E-state index < -0.39 is 11.2 Å². The number of aromatic nitrogens is 1. The molecule has 0 spiro atoms. The Morgan fingerprint density at radius 3 is 2.75 bits per heavy atom. The standard InChI is InChI=1S/C10H13F3N2S/c1-7(4-3-5-14-2)8-6-15-9(16-8)10(11,12)13/h4,6,14H,3,5H2,1-2H3/b7-4-. The minimum Gasteiger partial charge on any atom is -0.319 e. The van der Waals surface area contributed by atoms with E-state index >= 15 is 0 Å². The number of nitrogens with zero attached hydrogens (tertiary/aromatic N) is 1. The van der Waals surface area contributed by atoms with Crippen LogP contribution in [0.25, 0.3) is 5.57 Å². The summed E-state index contributed by atoms with van der Waals surface area (Å²) >= 11 is 0.681. The molecule has 1 heterocycles. The molecular formula is C10H13F3N2S. The van der Waals surface area contributed by atoms with Crippen molar-refractivity contribution in [2.75, 3.05) is 13.6 Å². The number of hydrogen-bond donors (Lipinski definition) is 1. The highest BCUT2D eigenvalue weighted by atomic mass is 32.1. The molecule has 0 aliphatic heterocycles. The van der Waals surface area contributed by atoms with Crippen molar-refractivity contribution in [2.24, 2.45) is 0 Å². The van der Waals surface area contributed by atoms with Crippen molar-refractivity contribution in [2.45, 2.75) is 19.5 Å². The summed E-state index contributed by atoms with van der Waals surface area (Å²) in [5, 5.41) is 2.18. The molecule has 0 atom stereocenters. The van der Waals surface area contributed by atoms with Crippen LogP contribution in [0.1, 0.15) is 23.2 Å². The van der Waals surface area contributed by atoms with Crippen molar-refractivity contribution in [3.8, 4) is 0 Å². The van der Waals surface area contributed by atoms with Gasteiger partial charge in [-0.25, -0.2) is 4.98 Å². The zero-order valence-corrected chi connectivity index (χ0v) is 9.87. The average molecular weight is 250 g/mol. The van der Waals surface area contributed by atoms with Crippen LogP contribution in [0.4, 0.5) is 13.2 Å². The van der Waals surface area contributed by atoms with Crippen molar-refractivity contribution >= 4 is 16.9 Å². The van der Waals surface area contributed by atoms with Crippen LogP contribution in [-0.2, 0) is 6.18 Å². The van der Waals surface area contributed by atoms with Crippen LogP contribution in [0, 0.1) is 0 Å². The molecule has 1 aromatic heterocycles. The fourth-order valence-corrected chi connectivity index (χ4v) is 1.90. The maximum Gasteiger partial charge on any atom is 0.443 e. The van der Waals surface area contributed by atoms with Crippen molar-refractivity contribution < 1.29 is 13.2 Å². The van der Waals surface area contributed by atoms with Gasteiger partial charge in [0.25, 0.3) is 0 Å². The Labute approximate surface area is 96.2 Å². The summed E-state index contributed by atoms with van der Waals surface area (Å²) in [6, 6.07) is 0. The van der Waals surface area contributed by atoms with Gasteiger partial charge in [-0.3, -0.25) is 0 Å². The monoisotopic (exact) mass is 250 g/mol. The molecule has 6 heteroatoms. The van der Waals surface area contributed by atoms with E-state index in [0.29, 0.717) is 16.2 Å². The first-order chi connectivity index (χ1) is 7.45. The van der Waals surface area contributed by atoms with Crippen LogP contribution in [0.15, 0.2) is 12.3 Å². The number of nitrogens with one attached hydrogen (secondary N) is 1. The minimum absolute atomic E-state index is 0.573. The molecule has 0 saturated heterocycles. The zero-order valence-electron chi connectivity index (χ0n) is 9.06. The average Bonchev–Trinajstić information content (AvgIpc) is 2.66. The Bertz CT molecular complexity index is 368. The summed E-state index contributed by atoms with van der Waals surface area (Å²) in [6.07, 6.45) is -0.362.